The van der Waals surface area contributed by atoms with Crippen molar-refractivity contribution in [1.82, 2.24) is 14.7 Å². The van der Waals surface area contributed by atoms with Crippen molar-refractivity contribution in [2.75, 3.05) is 39.8 Å². The Morgan fingerprint density at radius 2 is 1.66 bits per heavy atom. The molecule has 1 saturated carbocycles. The van der Waals surface area contributed by atoms with Crippen LogP contribution in [0.2, 0.25) is 0 Å². The molecule has 2 saturated heterocycles. The van der Waals surface area contributed by atoms with Crippen molar-refractivity contribution < 1.29 is 23.9 Å². The number of amides is 3. The van der Waals surface area contributed by atoms with Gasteiger partial charge in [0.25, 0.3) is 0 Å². The third-order valence-corrected chi connectivity index (χ3v) is 8.15. The zero-order valence-electron chi connectivity index (χ0n) is 18.9. The third-order valence-electron chi connectivity index (χ3n) is 8.15. The molecule has 0 spiro atoms. The van der Waals surface area contributed by atoms with Crippen LogP contribution in [0.25, 0.3) is 0 Å². The van der Waals surface area contributed by atoms with Crippen LogP contribution in [0.1, 0.15) is 57.8 Å². The molecule has 8 heteroatoms. The van der Waals surface area contributed by atoms with Crippen molar-refractivity contribution in [2.24, 2.45) is 17.3 Å². The second-order valence-corrected chi connectivity index (χ2v) is 9.95. The van der Waals surface area contributed by atoms with E-state index in [4.69, 9.17) is 4.74 Å². The molecule has 0 aromatic heterocycles. The highest BCUT2D eigenvalue weighted by atomic mass is 16.5. The van der Waals surface area contributed by atoms with E-state index in [-0.39, 0.29) is 36.0 Å². The molecule has 5 aliphatic rings. The van der Waals surface area contributed by atoms with E-state index in [1.54, 1.807) is 9.80 Å². The molecule has 174 valence electrons. The molecule has 0 unspecified atom stereocenters. The largest absolute Gasteiger partial charge is 0.468 e. The zero-order valence-corrected chi connectivity index (χ0v) is 18.9. The number of carbonyl (C=O) groups excluding carboxylic acids is 4. The first-order valence-electron chi connectivity index (χ1n) is 12.2. The third kappa shape index (κ3) is 3.33. The predicted octanol–water partition coefficient (Wildman–Crippen LogP) is 1.70. The molecular formula is C24H33N3O5. The minimum absolute atomic E-state index is 0.0256. The van der Waals surface area contributed by atoms with E-state index in [1.165, 1.54) is 12.7 Å². The number of piperazine rings is 1. The van der Waals surface area contributed by atoms with Crippen LogP contribution in [0.15, 0.2) is 11.3 Å². The average Bonchev–Trinajstić information content (AvgIpc) is 3.65. The van der Waals surface area contributed by atoms with Crippen molar-refractivity contribution in [2.45, 2.75) is 57.8 Å². The summed E-state index contributed by atoms with van der Waals surface area (Å²) >= 11 is 0. The van der Waals surface area contributed by atoms with E-state index < -0.39 is 11.3 Å². The number of hydrogen-bond acceptors (Lipinski definition) is 5. The van der Waals surface area contributed by atoms with Gasteiger partial charge in [-0.2, -0.15) is 0 Å². The highest BCUT2D eigenvalue weighted by molar-refractivity contribution is 5.99. The molecule has 3 amide bonds. The molecular weight excluding hydrogens is 410 g/mol. The van der Waals surface area contributed by atoms with Crippen LogP contribution in [0.4, 0.5) is 0 Å². The van der Waals surface area contributed by atoms with E-state index in [0.717, 1.165) is 50.6 Å². The van der Waals surface area contributed by atoms with Crippen molar-refractivity contribution in [3.8, 4) is 0 Å². The Labute approximate surface area is 188 Å². The summed E-state index contributed by atoms with van der Waals surface area (Å²) in [6.45, 7) is 2.68. The molecule has 2 atom stereocenters. The van der Waals surface area contributed by atoms with E-state index in [9.17, 15) is 19.2 Å². The van der Waals surface area contributed by atoms with Gasteiger partial charge in [0, 0.05) is 50.8 Å². The Kier molecular flexibility index (Phi) is 5.50. The summed E-state index contributed by atoms with van der Waals surface area (Å²) in [5.41, 5.74) is 1.03. The van der Waals surface area contributed by atoms with Gasteiger partial charge in [-0.3, -0.25) is 19.2 Å². The van der Waals surface area contributed by atoms with Gasteiger partial charge in [0.1, 0.15) is 5.41 Å². The first-order chi connectivity index (χ1) is 15.5. The Balaban J connectivity index is 1.37. The fourth-order valence-electron chi connectivity index (χ4n) is 6.34. The SMILES string of the molecule is COC(=O)[C@@]12CCCCC3=C1N(CCC3)C(=O)[C@H]2CC(=O)N1CCN(C(=O)C2CC2)CC1. The van der Waals surface area contributed by atoms with Crippen molar-refractivity contribution in [3.63, 3.8) is 0 Å². The molecule has 0 bridgehead atoms. The summed E-state index contributed by atoms with van der Waals surface area (Å²) in [7, 11) is 1.38. The monoisotopic (exact) mass is 443 g/mol. The lowest BCUT2D eigenvalue weighted by molar-refractivity contribution is -0.156. The number of rotatable bonds is 4. The van der Waals surface area contributed by atoms with Crippen LogP contribution < -0.4 is 0 Å². The van der Waals surface area contributed by atoms with Gasteiger partial charge in [-0.25, -0.2) is 0 Å². The number of nitrogens with zero attached hydrogens (tertiary/aromatic N) is 3. The van der Waals surface area contributed by atoms with Gasteiger partial charge in [0.2, 0.25) is 17.7 Å². The van der Waals surface area contributed by atoms with Crippen LogP contribution in [0, 0.1) is 17.3 Å². The van der Waals surface area contributed by atoms with Crippen LogP contribution in [-0.2, 0) is 23.9 Å². The molecule has 32 heavy (non-hydrogen) atoms. The Bertz CT molecular complexity index is 871. The summed E-state index contributed by atoms with van der Waals surface area (Å²) in [5.74, 6) is -0.875. The van der Waals surface area contributed by atoms with Gasteiger partial charge in [0.05, 0.1) is 13.0 Å². The number of allylic oxidation sites excluding steroid dienone is 1. The van der Waals surface area contributed by atoms with E-state index in [2.05, 4.69) is 0 Å². The summed E-state index contributed by atoms with van der Waals surface area (Å²) < 4.78 is 5.27. The number of methoxy groups -OCH3 is 1. The molecule has 0 aromatic carbocycles. The minimum Gasteiger partial charge on any atom is -0.468 e. The highest BCUT2D eigenvalue weighted by Crippen LogP contribution is 2.56. The van der Waals surface area contributed by atoms with E-state index in [0.29, 0.717) is 39.1 Å². The summed E-state index contributed by atoms with van der Waals surface area (Å²) in [5, 5.41) is 0. The fraction of sp³-hybridized carbons (Fsp3) is 0.750. The van der Waals surface area contributed by atoms with Crippen molar-refractivity contribution in [1.29, 1.82) is 0 Å². The predicted molar refractivity (Wildman–Crippen MR) is 115 cm³/mol. The van der Waals surface area contributed by atoms with Gasteiger partial charge >= 0.3 is 5.97 Å². The molecule has 0 aromatic rings. The van der Waals surface area contributed by atoms with Crippen molar-refractivity contribution in [3.05, 3.63) is 11.3 Å². The molecule has 3 fully saturated rings. The normalized spacial score (nSPS) is 30.2. The molecule has 0 N–H and O–H groups in total. The average molecular weight is 444 g/mol. The standard InChI is InChI=1S/C24H33N3O5/c1-32-23(31)24-9-3-2-5-16-6-4-10-27(20(16)24)22(30)18(24)15-19(28)25-11-13-26(14-12-25)21(29)17-7-8-17/h17-18H,2-15H2,1H3/t18-,24-/m1/s1. The lowest BCUT2D eigenvalue weighted by Crippen LogP contribution is -2.52. The Hall–Kier alpha value is -2.38. The minimum atomic E-state index is -1.03. The van der Waals surface area contributed by atoms with Crippen LogP contribution in [0.3, 0.4) is 0 Å². The van der Waals surface area contributed by atoms with Gasteiger partial charge < -0.3 is 19.4 Å². The van der Waals surface area contributed by atoms with Crippen LogP contribution >= 0.6 is 0 Å². The zero-order chi connectivity index (χ0) is 22.5. The second kappa shape index (κ2) is 8.19. The maximum atomic E-state index is 13.5. The molecule has 2 aliphatic carbocycles. The molecule has 3 heterocycles. The first kappa shape index (κ1) is 21.5. The lowest BCUT2D eigenvalue weighted by atomic mass is 9.70. The Morgan fingerprint density at radius 1 is 0.969 bits per heavy atom. The second-order valence-electron chi connectivity index (χ2n) is 9.95. The van der Waals surface area contributed by atoms with E-state index in [1.807, 2.05) is 4.90 Å². The highest BCUT2D eigenvalue weighted by Gasteiger charge is 2.63. The van der Waals surface area contributed by atoms with Gasteiger partial charge in [0.15, 0.2) is 0 Å². The summed E-state index contributed by atoms with van der Waals surface area (Å²) in [4.78, 5) is 57.8. The smallest absolute Gasteiger partial charge is 0.318 e. The number of carbonyl (C=O) groups is 4. The quantitative estimate of drug-likeness (QED) is 0.617. The maximum absolute atomic E-state index is 13.5. The molecule has 5 rings (SSSR count). The van der Waals surface area contributed by atoms with Gasteiger partial charge in [-0.1, -0.05) is 6.42 Å². The number of hydrogen-bond donors (Lipinski definition) is 0. The molecule has 8 nitrogen and oxygen atoms in total. The van der Waals surface area contributed by atoms with Crippen LogP contribution in [0.5, 0.6) is 0 Å². The van der Waals surface area contributed by atoms with Gasteiger partial charge in [-0.05, 0) is 50.5 Å². The van der Waals surface area contributed by atoms with Gasteiger partial charge in [-0.15, -0.1) is 0 Å². The van der Waals surface area contributed by atoms with E-state index >= 15 is 0 Å². The number of ether oxygens (including phenoxy) is 1. The summed E-state index contributed by atoms with van der Waals surface area (Å²) in [6, 6.07) is 0. The fourth-order valence-corrected chi connectivity index (χ4v) is 6.34. The molecule has 3 aliphatic heterocycles. The lowest BCUT2D eigenvalue weighted by Gasteiger charge is -2.37. The summed E-state index contributed by atoms with van der Waals surface area (Å²) in [6.07, 6.45) is 7.11. The molecule has 0 radical (unpaired) electrons. The Morgan fingerprint density at radius 3 is 2.34 bits per heavy atom. The van der Waals surface area contributed by atoms with Crippen molar-refractivity contribution >= 4 is 23.7 Å². The van der Waals surface area contributed by atoms with Crippen LogP contribution in [-0.4, -0.2) is 78.2 Å². The maximum Gasteiger partial charge on any atom is 0.318 e. The topological polar surface area (TPSA) is 87.2 Å². The first-order valence-corrected chi connectivity index (χ1v) is 12.2. The number of esters is 1.